The number of carbonyl (C=O) groups is 1. The minimum atomic E-state index is -1.06. The van der Waals surface area contributed by atoms with Gasteiger partial charge in [-0.2, -0.15) is 0 Å². The Morgan fingerprint density at radius 3 is 2.15 bits per heavy atom. The second kappa shape index (κ2) is 21.1. The molecule has 0 aromatic carbocycles. The quantitative estimate of drug-likeness (QED) is 0.0943. The largest absolute Gasteiger partial charge is 0.378 e. The van der Waals surface area contributed by atoms with Gasteiger partial charge in [-0.05, 0) is 63.7 Å². The molecule has 1 fully saturated rings. The zero-order valence-corrected chi connectivity index (χ0v) is 22.3. The van der Waals surface area contributed by atoms with Gasteiger partial charge in [0.2, 0.25) is 5.91 Å². The average Bonchev–Trinajstić information content (AvgIpc) is 3.37. The number of carbonyl (C=O) groups excluding carboxylic acids is 1. The van der Waals surface area contributed by atoms with Gasteiger partial charge in [0.05, 0.1) is 19.6 Å². The van der Waals surface area contributed by atoms with Crippen molar-refractivity contribution in [2.75, 3.05) is 20.8 Å². The molecule has 0 aliphatic carbocycles. The number of amides is 1. The van der Waals surface area contributed by atoms with Crippen molar-refractivity contribution in [3.63, 3.8) is 0 Å². The summed E-state index contributed by atoms with van der Waals surface area (Å²) < 4.78 is 19.6. The van der Waals surface area contributed by atoms with Crippen LogP contribution >= 0.6 is 0 Å². The third-order valence-electron chi connectivity index (χ3n) is 6.89. The standard InChI is InChI=1S/C29H52FNO3/c1-26(28-23-20-24-34-28)21-18-16-14-12-10-8-6-4-5-7-9-11-13-15-17-19-22-27(30)25-29(32)31(2)33-3/h5-8,26-28H,4,9-25H2,1-3H3/b7-5-,8-6-/t26-,27-,28?/m0/s1. The number of alkyl halides is 1. The van der Waals surface area contributed by atoms with E-state index in [0.29, 0.717) is 12.5 Å². The zero-order valence-electron chi connectivity index (χ0n) is 22.3. The summed E-state index contributed by atoms with van der Waals surface area (Å²) in [6.45, 7) is 3.33. The molecule has 0 N–H and O–H groups in total. The molecule has 0 saturated carbocycles. The monoisotopic (exact) mass is 481 g/mol. The number of ether oxygens (including phenoxy) is 1. The minimum absolute atomic E-state index is 0.0839. The summed E-state index contributed by atoms with van der Waals surface area (Å²) in [5.74, 6) is 0.429. The fourth-order valence-corrected chi connectivity index (χ4v) is 4.51. The van der Waals surface area contributed by atoms with Gasteiger partial charge in [-0.15, -0.1) is 0 Å². The van der Waals surface area contributed by atoms with Gasteiger partial charge in [-0.3, -0.25) is 9.63 Å². The molecule has 1 rings (SSSR count). The highest BCUT2D eigenvalue weighted by Crippen LogP contribution is 2.24. The van der Waals surface area contributed by atoms with Crippen LogP contribution in [0.25, 0.3) is 0 Å². The van der Waals surface area contributed by atoms with Crippen LogP contribution in [0.1, 0.15) is 116 Å². The minimum Gasteiger partial charge on any atom is -0.378 e. The van der Waals surface area contributed by atoms with E-state index in [1.165, 1.54) is 78.4 Å². The molecule has 0 radical (unpaired) electrons. The summed E-state index contributed by atoms with van der Waals surface area (Å²) in [5, 5.41) is 1.09. The van der Waals surface area contributed by atoms with E-state index in [1.807, 2.05) is 0 Å². The lowest BCUT2D eigenvalue weighted by molar-refractivity contribution is -0.169. The lowest BCUT2D eigenvalue weighted by atomic mass is 9.95. The zero-order chi connectivity index (χ0) is 24.9. The van der Waals surface area contributed by atoms with Gasteiger partial charge >= 0.3 is 0 Å². The van der Waals surface area contributed by atoms with E-state index in [9.17, 15) is 9.18 Å². The van der Waals surface area contributed by atoms with Gasteiger partial charge in [-0.1, -0.05) is 76.2 Å². The van der Waals surface area contributed by atoms with Crippen molar-refractivity contribution in [2.45, 2.75) is 128 Å². The molecule has 0 spiro atoms. The number of hydrogen-bond donors (Lipinski definition) is 0. The first-order valence-corrected chi connectivity index (χ1v) is 13.9. The van der Waals surface area contributed by atoms with Crippen LogP contribution in [0.5, 0.6) is 0 Å². The van der Waals surface area contributed by atoms with Crippen LogP contribution in [0.3, 0.4) is 0 Å². The molecule has 34 heavy (non-hydrogen) atoms. The molecule has 1 amide bonds. The fraction of sp³-hybridized carbons (Fsp3) is 0.828. The van der Waals surface area contributed by atoms with Crippen molar-refractivity contribution in [3.8, 4) is 0 Å². The summed E-state index contributed by atoms with van der Waals surface area (Å²) in [5.41, 5.74) is 0. The summed E-state index contributed by atoms with van der Waals surface area (Å²) in [7, 11) is 2.92. The molecule has 1 aliphatic heterocycles. The van der Waals surface area contributed by atoms with Crippen molar-refractivity contribution in [1.82, 2.24) is 5.06 Å². The number of halogens is 1. The van der Waals surface area contributed by atoms with Gasteiger partial charge < -0.3 is 4.74 Å². The van der Waals surface area contributed by atoms with Gasteiger partial charge in [0.15, 0.2) is 0 Å². The Morgan fingerprint density at radius 2 is 1.56 bits per heavy atom. The highest BCUT2D eigenvalue weighted by Gasteiger charge is 2.21. The van der Waals surface area contributed by atoms with Gasteiger partial charge in [0.1, 0.15) is 6.17 Å². The van der Waals surface area contributed by atoms with Crippen molar-refractivity contribution in [2.24, 2.45) is 5.92 Å². The Kier molecular flexibility index (Phi) is 19.1. The number of hydrogen-bond acceptors (Lipinski definition) is 3. The van der Waals surface area contributed by atoms with Gasteiger partial charge in [0, 0.05) is 13.7 Å². The van der Waals surface area contributed by atoms with E-state index in [1.54, 1.807) is 0 Å². The molecule has 0 aromatic heterocycles. The van der Waals surface area contributed by atoms with Crippen LogP contribution in [-0.4, -0.2) is 44.0 Å². The Balaban J connectivity index is 1.82. The lowest BCUT2D eigenvalue weighted by Gasteiger charge is -2.18. The number of allylic oxidation sites excluding steroid dienone is 4. The molecular weight excluding hydrogens is 429 g/mol. The molecule has 0 bridgehead atoms. The van der Waals surface area contributed by atoms with Crippen molar-refractivity contribution < 1.29 is 18.8 Å². The van der Waals surface area contributed by atoms with E-state index < -0.39 is 6.17 Å². The number of nitrogens with zero attached hydrogens (tertiary/aromatic N) is 1. The van der Waals surface area contributed by atoms with Gasteiger partial charge in [0.25, 0.3) is 0 Å². The molecule has 4 nitrogen and oxygen atoms in total. The fourth-order valence-electron chi connectivity index (χ4n) is 4.51. The molecule has 1 heterocycles. The van der Waals surface area contributed by atoms with Crippen molar-refractivity contribution in [3.05, 3.63) is 24.3 Å². The first-order valence-electron chi connectivity index (χ1n) is 13.9. The van der Waals surface area contributed by atoms with E-state index in [4.69, 9.17) is 9.57 Å². The molecule has 1 unspecified atom stereocenters. The smallest absolute Gasteiger partial charge is 0.248 e. The maximum atomic E-state index is 13.8. The van der Waals surface area contributed by atoms with Crippen LogP contribution in [-0.2, 0) is 14.4 Å². The predicted octanol–water partition coefficient (Wildman–Crippen LogP) is 8.12. The molecule has 5 heteroatoms. The SMILES string of the molecule is CON(C)C(=O)C[C@@H](F)CCCCCCC/C=C\C/C=C\CCCCCC[C@H](C)C1CCCO1. The highest BCUT2D eigenvalue weighted by atomic mass is 19.1. The van der Waals surface area contributed by atoms with E-state index in [-0.39, 0.29) is 12.3 Å². The second-order valence-electron chi connectivity index (χ2n) is 9.92. The maximum absolute atomic E-state index is 13.8. The average molecular weight is 482 g/mol. The Hall–Kier alpha value is -1.20. The third-order valence-corrected chi connectivity index (χ3v) is 6.89. The Morgan fingerprint density at radius 1 is 0.971 bits per heavy atom. The summed E-state index contributed by atoms with van der Waals surface area (Å²) >= 11 is 0. The van der Waals surface area contributed by atoms with Gasteiger partial charge in [-0.25, -0.2) is 9.45 Å². The topological polar surface area (TPSA) is 38.8 Å². The second-order valence-corrected chi connectivity index (χ2v) is 9.92. The Bertz CT molecular complexity index is 545. The van der Waals surface area contributed by atoms with Crippen molar-refractivity contribution >= 4 is 5.91 Å². The number of hydroxylamine groups is 2. The van der Waals surface area contributed by atoms with Crippen LogP contribution in [0.4, 0.5) is 4.39 Å². The first kappa shape index (κ1) is 30.8. The predicted molar refractivity (Wildman–Crippen MR) is 140 cm³/mol. The van der Waals surface area contributed by atoms with Crippen LogP contribution in [0.15, 0.2) is 24.3 Å². The summed E-state index contributed by atoms with van der Waals surface area (Å²) in [4.78, 5) is 16.3. The first-order chi connectivity index (χ1) is 16.5. The number of unbranched alkanes of at least 4 members (excludes halogenated alkanes) is 9. The van der Waals surface area contributed by atoms with Crippen LogP contribution < -0.4 is 0 Å². The highest BCUT2D eigenvalue weighted by molar-refractivity contribution is 5.75. The molecule has 1 saturated heterocycles. The molecule has 3 atom stereocenters. The number of rotatable bonds is 21. The van der Waals surface area contributed by atoms with E-state index in [2.05, 4.69) is 31.2 Å². The molecular formula is C29H52FNO3. The molecule has 1 aliphatic rings. The maximum Gasteiger partial charge on any atom is 0.248 e. The normalized spacial score (nSPS) is 18.2. The lowest BCUT2D eigenvalue weighted by Crippen LogP contribution is -2.27. The van der Waals surface area contributed by atoms with E-state index >= 15 is 0 Å². The molecule has 0 aromatic rings. The van der Waals surface area contributed by atoms with Crippen LogP contribution in [0, 0.1) is 5.92 Å². The van der Waals surface area contributed by atoms with Crippen LogP contribution in [0.2, 0.25) is 0 Å². The summed E-state index contributed by atoms with van der Waals surface area (Å²) in [6, 6.07) is 0. The third kappa shape index (κ3) is 16.4. The van der Waals surface area contributed by atoms with Crippen molar-refractivity contribution in [1.29, 1.82) is 0 Å². The summed E-state index contributed by atoms with van der Waals surface area (Å²) in [6.07, 6.45) is 27.0. The molecule has 198 valence electrons. The Labute approximate surface area is 209 Å². The van der Waals surface area contributed by atoms with E-state index in [0.717, 1.165) is 49.7 Å².